The fourth-order valence-corrected chi connectivity index (χ4v) is 2.49. The van der Waals surface area contributed by atoms with Crippen LogP contribution in [-0.2, 0) is 33.6 Å². The lowest BCUT2D eigenvalue weighted by molar-refractivity contribution is -0.147. The van der Waals surface area contributed by atoms with Gasteiger partial charge in [0.15, 0.2) is 0 Å². The number of hydrogen-bond acceptors (Lipinski definition) is 9. The number of carboxylic acids is 2. The molecule has 15 nitrogen and oxygen atoms in total. The Hall–Kier alpha value is -3.40. The van der Waals surface area contributed by atoms with Gasteiger partial charge in [0.2, 0.25) is 29.5 Å². The van der Waals surface area contributed by atoms with E-state index in [0.29, 0.717) is 0 Å². The number of thiol groups is 1. The summed E-state index contributed by atoms with van der Waals surface area (Å²) in [5.74, 6) is -8.13. The van der Waals surface area contributed by atoms with Crippen molar-refractivity contribution < 1.29 is 43.8 Å². The van der Waals surface area contributed by atoms with Crippen molar-refractivity contribution in [1.82, 2.24) is 16.0 Å². The van der Waals surface area contributed by atoms with Crippen LogP contribution in [0.3, 0.4) is 0 Å². The maximum Gasteiger partial charge on any atom is 0.326 e. The summed E-state index contributed by atoms with van der Waals surface area (Å²) >= 11 is 3.92. The van der Waals surface area contributed by atoms with Crippen molar-refractivity contribution in [3.8, 4) is 0 Å². The number of primary amides is 2. The highest BCUT2D eigenvalue weighted by atomic mass is 32.1. The second-order valence-corrected chi connectivity index (χ2v) is 6.95. The molecule has 11 N–H and O–H groups in total. The molecule has 0 spiro atoms. The molecule has 0 aliphatic heterocycles. The Kier molecular flexibility index (Phi) is 12.3. The second-order valence-electron chi connectivity index (χ2n) is 6.58. The van der Waals surface area contributed by atoms with E-state index in [1.165, 1.54) is 0 Å². The number of nitrogens with two attached hydrogens (primary N) is 3. The highest BCUT2D eigenvalue weighted by Crippen LogP contribution is 2.01. The average Bonchev–Trinajstić information content (AvgIpc) is 2.67. The van der Waals surface area contributed by atoms with Gasteiger partial charge >= 0.3 is 11.9 Å². The molecule has 0 aliphatic carbocycles. The van der Waals surface area contributed by atoms with Crippen LogP contribution in [0.2, 0.25) is 0 Å². The zero-order valence-electron chi connectivity index (χ0n) is 16.8. The third-order valence-corrected chi connectivity index (χ3v) is 4.25. The number of carbonyl (C=O) groups is 7. The molecule has 0 radical (unpaired) electrons. The molecule has 4 unspecified atom stereocenters. The van der Waals surface area contributed by atoms with Crippen LogP contribution in [0, 0.1) is 0 Å². The Balaban J connectivity index is 5.27. The van der Waals surface area contributed by atoms with Crippen molar-refractivity contribution in [2.24, 2.45) is 17.2 Å². The van der Waals surface area contributed by atoms with Gasteiger partial charge in [0.1, 0.15) is 18.1 Å². The lowest BCUT2D eigenvalue weighted by Crippen LogP contribution is -2.58. The van der Waals surface area contributed by atoms with Gasteiger partial charge in [0.25, 0.3) is 0 Å². The Labute approximate surface area is 187 Å². The lowest BCUT2D eigenvalue weighted by Gasteiger charge is -2.23. The summed E-state index contributed by atoms with van der Waals surface area (Å²) in [4.78, 5) is 80.8. The summed E-state index contributed by atoms with van der Waals surface area (Å²) in [6.45, 7) is 0. The zero-order chi connectivity index (χ0) is 25.0. The monoisotopic (exact) mass is 478 g/mol. The molecule has 4 atom stereocenters. The maximum atomic E-state index is 12.5. The SMILES string of the molecule is NC(=O)CCC(N)C(=O)NC(CS)C(=O)NC(CC(N)=O)C(=O)NC(CC(=O)O)C(=O)O. The van der Waals surface area contributed by atoms with Gasteiger partial charge in [-0.25, -0.2) is 4.79 Å². The summed E-state index contributed by atoms with van der Waals surface area (Å²) < 4.78 is 0. The van der Waals surface area contributed by atoms with Crippen LogP contribution in [0.1, 0.15) is 25.7 Å². The maximum absolute atomic E-state index is 12.5. The van der Waals surface area contributed by atoms with E-state index in [4.69, 9.17) is 27.4 Å². The molecule has 0 rings (SSSR count). The Morgan fingerprint density at radius 3 is 1.69 bits per heavy atom. The van der Waals surface area contributed by atoms with Crippen molar-refractivity contribution in [3.63, 3.8) is 0 Å². The lowest BCUT2D eigenvalue weighted by atomic mass is 10.1. The normalized spacial score (nSPS) is 14.2. The number of amides is 5. The minimum Gasteiger partial charge on any atom is -0.481 e. The predicted octanol–water partition coefficient (Wildman–Crippen LogP) is -4.60. The average molecular weight is 478 g/mol. The molecule has 0 heterocycles. The van der Waals surface area contributed by atoms with Crippen LogP contribution < -0.4 is 33.2 Å². The van der Waals surface area contributed by atoms with Crippen LogP contribution in [0.5, 0.6) is 0 Å². The molecule has 0 aromatic heterocycles. The predicted molar refractivity (Wildman–Crippen MR) is 110 cm³/mol. The number of carboxylic acid groups (broad SMARTS) is 2. The Morgan fingerprint density at radius 2 is 1.25 bits per heavy atom. The first-order valence-corrected chi connectivity index (χ1v) is 9.70. The van der Waals surface area contributed by atoms with Crippen LogP contribution in [-0.4, -0.2) is 81.6 Å². The van der Waals surface area contributed by atoms with Gasteiger partial charge < -0.3 is 43.4 Å². The van der Waals surface area contributed by atoms with E-state index in [1.807, 2.05) is 5.32 Å². The minimum absolute atomic E-state index is 0.0884. The van der Waals surface area contributed by atoms with E-state index in [2.05, 4.69) is 23.3 Å². The van der Waals surface area contributed by atoms with Crippen LogP contribution in [0.15, 0.2) is 0 Å². The molecule has 0 saturated carbocycles. The van der Waals surface area contributed by atoms with Crippen molar-refractivity contribution in [2.75, 3.05) is 5.75 Å². The van der Waals surface area contributed by atoms with Crippen LogP contribution in [0.4, 0.5) is 0 Å². The van der Waals surface area contributed by atoms with Gasteiger partial charge in [-0.3, -0.25) is 28.8 Å². The van der Waals surface area contributed by atoms with Gasteiger partial charge in [-0.2, -0.15) is 12.6 Å². The first kappa shape index (κ1) is 28.6. The van der Waals surface area contributed by atoms with E-state index in [-0.39, 0.29) is 18.6 Å². The highest BCUT2D eigenvalue weighted by Gasteiger charge is 2.31. The van der Waals surface area contributed by atoms with E-state index >= 15 is 0 Å². The van der Waals surface area contributed by atoms with Gasteiger partial charge in [0.05, 0.1) is 18.9 Å². The molecule has 0 saturated heterocycles. The fraction of sp³-hybridized carbons (Fsp3) is 0.562. The Morgan fingerprint density at radius 1 is 0.750 bits per heavy atom. The van der Waals surface area contributed by atoms with Crippen molar-refractivity contribution in [2.45, 2.75) is 49.9 Å². The summed E-state index contributed by atoms with van der Waals surface area (Å²) in [6.07, 6.45) is -1.97. The summed E-state index contributed by atoms with van der Waals surface area (Å²) in [7, 11) is 0. The first-order chi connectivity index (χ1) is 14.8. The molecular weight excluding hydrogens is 452 g/mol. The molecule has 0 aromatic carbocycles. The minimum atomic E-state index is -1.84. The Bertz CT molecular complexity index is 762. The quantitative estimate of drug-likeness (QED) is 0.102. The fourth-order valence-electron chi connectivity index (χ4n) is 2.23. The van der Waals surface area contributed by atoms with E-state index in [0.717, 1.165) is 0 Å². The number of rotatable bonds is 15. The third-order valence-electron chi connectivity index (χ3n) is 3.89. The number of carbonyl (C=O) groups excluding carboxylic acids is 5. The van der Waals surface area contributed by atoms with Crippen LogP contribution in [0.25, 0.3) is 0 Å². The standard InChI is InChI=1S/C16H26N6O9S/c17-6(1-2-10(18)23)13(27)22-9(5-32)15(29)20-7(3-11(19)24)14(28)21-8(16(30)31)4-12(25)26/h6-9,32H,1-5,17H2,(H2,18,23)(H2,19,24)(H,20,29)(H,21,28)(H,22,27)(H,25,26)(H,30,31). The van der Waals surface area contributed by atoms with Gasteiger partial charge in [-0.05, 0) is 6.42 Å². The van der Waals surface area contributed by atoms with E-state index in [1.54, 1.807) is 0 Å². The zero-order valence-corrected chi connectivity index (χ0v) is 17.7. The molecule has 0 aromatic rings. The molecule has 0 aliphatic rings. The molecule has 5 amide bonds. The number of nitrogens with one attached hydrogen (secondary N) is 3. The molecular formula is C16H26N6O9S. The molecule has 32 heavy (non-hydrogen) atoms. The third kappa shape index (κ3) is 11.1. The second kappa shape index (κ2) is 13.8. The van der Waals surface area contributed by atoms with E-state index < -0.39 is 78.5 Å². The summed E-state index contributed by atoms with van der Waals surface area (Å²) in [5, 5.41) is 24.0. The van der Waals surface area contributed by atoms with E-state index in [9.17, 15) is 33.6 Å². The number of aliphatic carboxylic acids is 2. The van der Waals surface area contributed by atoms with Gasteiger partial charge in [0, 0.05) is 12.2 Å². The highest BCUT2D eigenvalue weighted by molar-refractivity contribution is 7.80. The van der Waals surface area contributed by atoms with Gasteiger partial charge in [-0.1, -0.05) is 0 Å². The topological polar surface area (TPSA) is 274 Å². The molecule has 0 bridgehead atoms. The largest absolute Gasteiger partial charge is 0.481 e. The van der Waals surface area contributed by atoms with Crippen LogP contribution >= 0.6 is 12.6 Å². The first-order valence-electron chi connectivity index (χ1n) is 9.07. The van der Waals surface area contributed by atoms with Crippen molar-refractivity contribution >= 4 is 54.1 Å². The van der Waals surface area contributed by atoms with Gasteiger partial charge in [-0.15, -0.1) is 0 Å². The molecule has 16 heteroatoms. The number of hydrogen-bond donors (Lipinski definition) is 9. The van der Waals surface area contributed by atoms with Crippen molar-refractivity contribution in [3.05, 3.63) is 0 Å². The summed E-state index contributed by atoms with van der Waals surface area (Å²) in [6, 6.07) is -6.01. The smallest absolute Gasteiger partial charge is 0.326 e. The van der Waals surface area contributed by atoms with Crippen molar-refractivity contribution in [1.29, 1.82) is 0 Å². The molecule has 180 valence electrons. The summed E-state index contributed by atoms with van der Waals surface area (Å²) in [5.41, 5.74) is 15.6. The molecule has 0 fully saturated rings.